The Morgan fingerprint density at radius 3 is 2.08 bits per heavy atom. The Morgan fingerprint density at radius 1 is 0.795 bits per heavy atom. The number of hydrogen-bond donors (Lipinski definition) is 3. The molecule has 8 heteroatoms. The molecule has 39 heavy (non-hydrogen) atoms. The van der Waals surface area contributed by atoms with E-state index in [1.165, 1.54) is 0 Å². The lowest BCUT2D eigenvalue weighted by Crippen LogP contribution is -2.44. The molecule has 2 aliphatic heterocycles. The van der Waals surface area contributed by atoms with Gasteiger partial charge in [0.1, 0.15) is 0 Å². The fraction of sp³-hybridized carbons (Fsp3) is 0.387. The van der Waals surface area contributed by atoms with Crippen molar-refractivity contribution in [3.05, 3.63) is 107 Å². The van der Waals surface area contributed by atoms with E-state index in [-0.39, 0.29) is 24.8 Å². The molecule has 3 aromatic carbocycles. The number of urea groups is 1. The van der Waals surface area contributed by atoms with E-state index in [2.05, 4.69) is 15.5 Å². The van der Waals surface area contributed by atoms with Gasteiger partial charge in [0.15, 0.2) is 6.29 Å². The highest BCUT2D eigenvalue weighted by molar-refractivity contribution is 5.73. The normalized spacial score (nSPS) is 21.8. The number of aliphatic hydroxyl groups is 1. The van der Waals surface area contributed by atoms with Crippen LogP contribution in [-0.4, -0.2) is 55.0 Å². The summed E-state index contributed by atoms with van der Waals surface area (Å²) in [7, 11) is 0. The van der Waals surface area contributed by atoms with Crippen molar-refractivity contribution in [3.8, 4) is 0 Å². The van der Waals surface area contributed by atoms with Crippen LogP contribution in [0.2, 0.25) is 0 Å². The molecule has 5 rings (SSSR count). The summed E-state index contributed by atoms with van der Waals surface area (Å²) in [5, 5.41) is 15.2. The fourth-order valence-corrected chi connectivity index (χ4v) is 4.92. The zero-order chi connectivity index (χ0) is 26.9. The van der Waals surface area contributed by atoms with Gasteiger partial charge in [0.25, 0.3) is 0 Å². The highest BCUT2D eigenvalue weighted by Crippen LogP contribution is 2.38. The number of hydrogen-bond acceptors (Lipinski definition) is 6. The molecule has 0 unspecified atom stereocenters. The van der Waals surface area contributed by atoms with Crippen molar-refractivity contribution in [3.63, 3.8) is 0 Å². The molecule has 2 heterocycles. The number of morpholine rings is 1. The van der Waals surface area contributed by atoms with Crippen molar-refractivity contribution >= 4 is 6.03 Å². The fourth-order valence-electron chi connectivity index (χ4n) is 4.92. The Balaban J connectivity index is 1.20. The topological polar surface area (TPSA) is 92.3 Å². The van der Waals surface area contributed by atoms with E-state index in [0.717, 1.165) is 67.1 Å². The second kappa shape index (κ2) is 13.7. The van der Waals surface area contributed by atoms with Crippen molar-refractivity contribution in [1.82, 2.24) is 15.5 Å². The number of nitrogens with zero attached hydrogens (tertiary/aromatic N) is 1. The molecule has 2 saturated heterocycles. The summed E-state index contributed by atoms with van der Waals surface area (Å²) in [4.78, 5) is 14.6. The van der Waals surface area contributed by atoms with Crippen LogP contribution < -0.4 is 10.6 Å². The van der Waals surface area contributed by atoms with Gasteiger partial charge in [-0.3, -0.25) is 4.90 Å². The van der Waals surface area contributed by atoms with Gasteiger partial charge in [-0.2, -0.15) is 0 Å². The maximum atomic E-state index is 12.2. The zero-order valence-corrected chi connectivity index (χ0v) is 22.1. The van der Waals surface area contributed by atoms with E-state index in [0.29, 0.717) is 13.1 Å². The molecule has 206 valence electrons. The zero-order valence-electron chi connectivity index (χ0n) is 22.1. The molecule has 0 bridgehead atoms. The Hall–Kier alpha value is -3.27. The standard InChI is InChI=1S/C31H37N3O5/c35-22-25-8-10-26(11-9-25)29-18-28(21-34-14-16-37-17-15-34)38-30(39-29)27-12-6-24(7-13-27)20-33-31(36)32-19-23-4-2-1-3-5-23/h1-13,28-30,35H,14-22H2,(H2,32,33,36)/t28-,29+,30+/m0/s1. The van der Waals surface area contributed by atoms with E-state index in [4.69, 9.17) is 14.2 Å². The van der Waals surface area contributed by atoms with Crippen molar-refractivity contribution in [2.24, 2.45) is 0 Å². The first-order chi connectivity index (χ1) is 19.2. The van der Waals surface area contributed by atoms with Crippen LogP contribution in [0.4, 0.5) is 4.79 Å². The van der Waals surface area contributed by atoms with Gasteiger partial charge >= 0.3 is 6.03 Å². The van der Waals surface area contributed by atoms with E-state index >= 15 is 0 Å². The van der Waals surface area contributed by atoms with Crippen LogP contribution in [0, 0.1) is 0 Å². The minimum atomic E-state index is -0.497. The Labute approximate surface area is 229 Å². The van der Waals surface area contributed by atoms with Gasteiger partial charge in [-0.1, -0.05) is 78.9 Å². The van der Waals surface area contributed by atoms with Crippen molar-refractivity contribution in [1.29, 1.82) is 0 Å². The summed E-state index contributed by atoms with van der Waals surface area (Å²) in [6.07, 6.45) is 0.159. The van der Waals surface area contributed by atoms with Crippen LogP contribution in [0.3, 0.4) is 0 Å². The van der Waals surface area contributed by atoms with Gasteiger partial charge in [-0.25, -0.2) is 4.79 Å². The third-order valence-electron chi connectivity index (χ3n) is 7.18. The predicted octanol–water partition coefficient (Wildman–Crippen LogP) is 4.06. The number of rotatable bonds is 9. The quantitative estimate of drug-likeness (QED) is 0.386. The highest BCUT2D eigenvalue weighted by atomic mass is 16.7. The molecule has 3 atom stereocenters. The number of aliphatic hydroxyl groups excluding tert-OH is 1. The summed E-state index contributed by atoms with van der Waals surface area (Å²) in [6, 6.07) is 25.6. The molecule has 0 radical (unpaired) electrons. The van der Waals surface area contributed by atoms with Crippen molar-refractivity contribution in [2.75, 3.05) is 32.8 Å². The molecular formula is C31H37N3O5. The number of carbonyl (C=O) groups is 1. The van der Waals surface area contributed by atoms with Gasteiger partial charge in [-0.15, -0.1) is 0 Å². The molecule has 2 fully saturated rings. The summed E-state index contributed by atoms with van der Waals surface area (Å²) in [5.74, 6) is 0. The molecule has 0 spiro atoms. The molecule has 3 N–H and O–H groups in total. The maximum Gasteiger partial charge on any atom is 0.315 e. The van der Waals surface area contributed by atoms with Crippen molar-refractivity contribution in [2.45, 2.75) is 44.6 Å². The lowest BCUT2D eigenvalue weighted by molar-refractivity contribution is -0.253. The average Bonchev–Trinajstić information content (AvgIpc) is 3.00. The first-order valence-electron chi connectivity index (χ1n) is 13.6. The second-order valence-corrected chi connectivity index (χ2v) is 10.0. The molecule has 0 saturated carbocycles. The molecule has 8 nitrogen and oxygen atoms in total. The SMILES string of the molecule is O=C(NCc1ccccc1)NCc1ccc([C@@H]2O[C@H](CN3CCOCC3)C[C@H](c3ccc(CO)cc3)O2)cc1. The summed E-state index contributed by atoms with van der Waals surface area (Å²) >= 11 is 0. The number of benzene rings is 3. The first kappa shape index (κ1) is 27.3. The monoisotopic (exact) mass is 531 g/mol. The van der Waals surface area contributed by atoms with Crippen LogP contribution in [0.25, 0.3) is 0 Å². The van der Waals surface area contributed by atoms with Gasteiger partial charge < -0.3 is 30.0 Å². The van der Waals surface area contributed by atoms with Crippen molar-refractivity contribution < 1.29 is 24.1 Å². The minimum absolute atomic E-state index is 0.0130. The lowest BCUT2D eigenvalue weighted by Gasteiger charge is -2.39. The van der Waals surface area contributed by atoms with E-state index in [1.807, 2.05) is 78.9 Å². The lowest BCUT2D eigenvalue weighted by atomic mass is 9.99. The van der Waals surface area contributed by atoms with Gasteiger partial charge in [0.2, 0.25) is 0 Å². The molecule has 0 aromatic heterocycles. The summed E-state index contributed by atoms with van der Waals surface area (Å²) in [6.45, 7) is 5.06. The van der Waals surface area contributed by atoms with E-state index < -0.39 is 6.29 Å². The number of nitrogens with one attached hydrogen (secondary N) is 2. The highest BCUT2D eigenvalue weighted by Gasteiger charge is 2.33. The molecule has 3 aromatic rings. The molecular weight excluding hydrogens is 494 g/mol. The van der Waals surface area contributed by atoms with Crippen LogP contribution >= 0.6 is 0 Å². The number of amides is 2. The summed E-state index contributed by atoms with van der Waals surface area (Å²) in [5.41, 5.74) is 4.94. The Bertz CT molecular complexity index is 1170. The van der Waals surface area contributed by atoms with Crippen LogP contribution in [0.5, 0.6) is 0 Å². The van der Waals surface area contributed by atoms with Gasteiger partial charge in [-0.05, 0) is 22.3 Å². The van der Waals surface area contributed by atoms with E-state index in [1.54, 1.807) is 0 Å². The second-order valence-electron chi connectivity index (χ2n) is 10.0. The van der Waals surface area contributed by atoms with Crippen LogP contribution in [-0.2, 0) is 33.9 Å². The van der Waals surface area contributed by atoms with Gasteiger partial charge in [0.05, 0.1) is 32.0 Å². The smallest absolute Gasteiger partial charge is 0.315 e. The third-order valence-corrected chi connectivity index (χ3v) is 7.18. The van der Waals surface area contributed by atoms with Crippen LogP contribution in [0.15, 0.2) is 78.9 Å². The largest absolute Gasteiger partial charge is 0.392 e. The predicted molar refractivity (Wildman–Crippen MR) is 148 cm³/mol. The summed E-state index contributed by atoms with van der Waals surface area (Å²) < 4.78 is 18.4. The van der Waals surface area contributed by atoms with E-state index in [9.17, 15) is 9.90 Å². The van der Waals surface area contributed by atoms with Gasteiger partial charge in [0, 0.05) is 44.7 Å². The molecule has 2 amide bonds. The number of carbonyl (C=O) groups excluding carboxylic acids is 1. The maximum absolute atomic E-state index is 12.2. The Kier molecular flexibility index (Phi) is 9.58. The minimum Gasteiger partial charge on any atom is -0.392 e. The molecule has 2 aliphatic rings. The first-order valence-corrected chi connectivity index (χ1v) is 13.6. The molecule has 0 aliphatic carbocycles. The third kappa shape index (κ3) is 7.88. The Morgan fingerprint density at radius 2 is 1.41 bits per heavy atom. The van der Waals surface area contributed by atoms with Crippen LogP contribution in [0.1, 0.15) is 46.6 Å². The average molecular weight is 532 g/mol. The number of ether oxygens (including phenoxy) is 3.